The molecular formula is C14H24N2O2S. The Morgan fingerprint density at radius 1 is 1.58 bits per heavy atom. The molecule has 19 heavy (non-hydrogen) atoms. The minimum absolute atomic E-state index is 0.195. The maximum Gasteiger partial charge on any atom is 0.313 e. The summed E-state index contributed by atoms with van der Waals surface area (Å²) in [6, 6.07) is 0. The Morgan fingerprint density at radius 2 is 2.26 bits per heavy atom. The molecule has 0 aliphatic rings. The van der Waals surface area contributed by atoms with E-state index in [1.807, 2.05) is 19.2 Å². The highest BCUT2D eigenvalue weighted by atomic mass is 32.1. The molecule has 0 aromatic carbocycles. The normalized spacial score (nSPS) is 14.4. The highest BCUT2D eigenvalue weighted by Crippen LogP contribution is 2.32. The first kappa shape index (κ1) is 16.1. The van der Waals surface area contributed by atoms with Crippen molar-refractivity contribution in [3.63, 3.8) is 0 Å². The third-order valence-corrected chi connectivity index (χ3v) is 4.02. The van der Waals surface area contributed by atoms with Gasteiger partial charge in [-0.1, -0.05) is 13.8 Å². The van der Waals surface area contributed by atoms with Gasteiger partial charge in [0.2, 0.25) is 0 Å². The standard InChI is InChI=1S/C14H24N2O2S/c1-5-18-13(17)14(9-15,6-10(2)3)7-12-16-11(4)8-19-12/h8,10H,5-7,9,15H2,1-4H3. The summed E-state index contributed by atoms with van der Waals surface area (Å²) in [5.41, 5.74) is 6.26. The lowest BCUT2D eigenvalue weighted by atomic mass is 9.77. The minimum Gasteiger partial charge on any atom is -0.466 e. The first-order chi connectivity index (χ1) is 8.93. The fourth-order valence-corrected chi connectivity index (χ4v) is 3.22. The number of ether oxygens (including phenoxy) is 1. The van der Waals surface area contributed by atoms with Gasteiger partial charge < -0.3 is 10.5 Å². The Bertz CT molecular complexity index is 417. The average molecular weight is 284 g/mol. The topological polar surface area (TPSA) is 65.2 Å². The molecule has 0 spiro atoms. The van der Waals surface area contributed by atoms with Crippen LogP contribution in [0.2, 0.25) is 0 Å². The van der Waals surface area contributed by atoms with Gasteiger partial charge in [0.25, 0.3) is 0 Å². The van der Waals surface area contributed by atoms with Crippen molar-refractivity contribution in [3.8, 4) is 0 Å². The Hall–Kier alpha value is -0.940. The third-order valence-electron chi connectivity index (χ3n) is 3.05. The summed E-state index contributed by atoms with van der Waals surface area (Å²) >= 11 is 1.58. The number of hydrogen-bond acceptors (Lipinski definition) is 5. The van der Waals surface area contributed by atoms with Gasteiger partial charge in [-0.3, -0.25) is 4.79 Å². The summed E-state index contributed by atoms with van der Waals surface area (Å²) in [6.45, 7) is 8.64. The molecule has 108 valence electrons. The molecule has 0 amide bonds. The zero-order valence-electron chi connectivity index (χ0n) is 12.2. The number of nitrogens with two attached hydrogens (primary N) is 1. The summed E-state index contributed by atoms with van der Waals surface area (Å²) in [7, 11) is 0. The van der Waals surface area contributed by atoms with Gasteiger partial charge in [-0.05, 0) is 26.2 Å². The van der Waals surface area contributed by atoms with Crippen molar-refractivity contribution >= 4 is 17.3 Å². The number of hydrogen-bond donors (Lipinski definition) is 1. The number of thiazole rings is 1. The van der Waals surface area contributed by atoms with E-state index in [4.69, 9.17) is 10.5 Å². The predicted molar refractivity (Wildman–Crippen MR) is 78.1 cm³/mol. The largest absolute Gasteiger partial charge is 0.466 e. The van der Waals surface area contributed by atoms with Crippen molar-refractivity contribution in [1.29, 1.82) is 0 Å². The van der Waals surface area contributed by atoms with Crippen LogP contribution in [0.15, 0.2) is 5.38 Å². The van der Waals surface area contributed by atoms with E-state index in [1.54, 1.807) is 11.3 Å². The second-order valence-electron chi connectivity index (χ2n) is 5.36. The van der Waals surface area contributed by atoms with E-state index in [2.05, 4.69) is 18.8 Å². The van der Waals surface area contributed by atoms with Crippen LogP contribution in [0, 0.1) is 18.3 Å². The molecule has 0 aliphatic carbocycles. The van der Waals surface area contributed by atoms with E-state index in [1.165, 1.54) is 0 Å². The Labute approximate surface area is 119 Å². The number of aromatic nitrogens is 1. The van der Waals surface area contributed by atoms with E-state index in [0.29, 0.717) is 25.5 Å². The first-order valence-electron chi connectivity index (χ1n) is 6.72. The van der Waals surface area contributed by atoms with Crippen LogP contribution < -0.4 is 5.73 Å². The lowest BCUT2D eigenvalue weighted by Crippen LogP contribution is -2.43. The molecule has 0 radical (unpaired) electrons. The highest BCUT2D eigenvalue weighted by Gasteiger charge is 2.40. The van der Waals surface area contributed by atoms with Crippen molar-refractivity contribution in [2.45, 2.75) is 40.5 Å². The third kappa shape index (κ3) is 4.28. The van der Waals surface area contributed by atoms with Gasteiger partial charge in [-0.25, -0.2) is 4.98 Å². The lowest BCUT2D eigenvalue weighted by molar-refractivity contribution is -0.156. The van der Waals surface area contributed by atoms with Gasteiger partial charge in [-0.2, -0.15) is 0 Å². The molecule has 2 N–H and O–H groups in total. The average Bonchev–Trinajstić information content (AvgIpc) is 2.73. The van der Waals surface area contributed by atoms with Gasteiger partial charge >= 0.3 is 5.97 Å². The van der Waals surface area contributed by atoms with Gasteiger partial charge in [0.15, 0.2) is 0 Å². The zero-order chi connectivity index (χ0) is 14.5. The van der Waals surface area contributed by atoms with Crippen LogP contribution in [0.5, 0.6) is 0 Å². The maximum atomic E-state index is 12.3. The van der Waals surface area contributed by atoms with Crippen molar-refractivity contribution in [2.75, 3.05) is 13.2 Å². The fraction of sp³-hybridized carbons (Fsp3) is 0.714. The van der Waals surface area contributed by atoms with Crippen molar-refractivity contribution in [2.24, 2.45) is 17.1 Å². The molecular weight excluding hydrogens is 260 g/mol. The molecule has 0 saturated carbocycles. The van der Waals surface area contributed by atoms with Gasteiger partial charge in [0.1, 0.15) is 0 Å². The van der Waals surface area contributed by atoms with Crippen molar-refractivity contribution < 1.29 is 9.53 Å². The number of nitrogens with zero attached hydrogens (tertiary/aromatic N) is 1. The van der Waals surface area contributed by atoms with Crippen LogP contribution in [-0.2, 0) is 16.0 Å². The molecule has 1 aromatic heterocycles. The van der Waals surface area contributed by atoms with Gasteiger partial charge in [0, 0.05) is 24.0 Å². The molecule has 0 bridgehead atoms. The smallest absolute Gasteiger partial charge is 0.313 e. The SMILES string of the molecule is CCOC(=O)C(CN)(Cc1nc(C)cs1)CC(C)C. The lowest BCUT2D eigenvalue weighted by Gasteiger charge is -2.31. The summed E-state index contributed by atoms with van der Waals surface area (Å²) in [5.74, 6) is 0.188. The van der Waals surface area contributed by atoms with Crippen LogP contribution >= 0.6 is 11.3 Å². The van der Waals surface area contributed by atoms with Crippen LogP contribution in [0.1, 0.15) is 37.9 Å². The fourth-order valence-electron chi connectivity index (χ4n) is 2.31. The minimum atomic E-state index is -0.644. The van der Waals surface area contributed by atoms with E-state index < -0.39 is 5.41 Å². The Morgan fingerprint density at radius 3 is 2.68 bits per heavy atom. The number of carbonyl (C=O) groups excluding carboxylic acids is 1. The van der Waals surface area contributed by atoms with Crippen LogP contribution in [0.3, 0.4) is 0 Å². The molecule has 1 rings (SSSR count). The monoisotopic (exact) mass is 284 g/mol. The Kier molecular flexibility index (Phi) is 5.94. The van der Waals surface area contributed by atoms with E-state index in [9.17, 15) is 4.79 Å². The molecule has 1 unspecified atom stereocenters. The maximum absolute atomic E-state index is 12.3. The molecule has 0 aliphatic heterocycles. The van der Waals surface area contributed by atoms with E-state index >= 15 is 0 Å². The van der Waals surface area contributed by atoms with Gasteiger partial charge in [0.05, 0.1) is 17.0 Å². The quantitative estimate of drug-likeness (QED) is 0.781. The zero-order valence-corrected chi connectivity index (χ0v) is 13.0. The molecule has 4 nitrogen and oxygen atoms in total. The molecule has 1 aromatic rings. The van der Waals surface area contributed by atoms with Crippen molar-refractivity contribution in [3.05, 3.63) is 16.1 Å². The van der Waals surface area contributed by atoms with Crippen LogP contribution in [0.25, 0.3) is 0 Å². The molecule has 1 heterocycles. The Balaban J connectivity index is 2.98. The predicted octanol–water partition coefficient (Wildman–Crippen LogP) is 2.55. The summed E-state index contributed by atoms with van der Waals surface area (Å²) < 4.78 is 5.24. The summed E-state index contributed by atoms with van der Waals surface area (Å²) in [6.07, 6.45) is 1.29. The second kappa shape index (κ2) is 7.01. The van der Waals surface area contributed by atoms with E-state index in [-0.39, 0.29) is 5.97 Å². The molecule has 1 atom stereocenters. The number of esters is 1. The highest BCUT2D eigenvalue weighted by molar-refractivity contribution is 7.09. The summed E-state index contributed by atoms with van der Waals surface area (Å²) in [4.78, 5) is 16.8. The van der Waals surface area contributed by atoms with Gasteiger partial charge in [-0.15, -0.1) is 11.3 Å². The number of rotatable bonds is 7. The van der Waals surface area contributed by atoms with Crippen LogP contribution in [0.4, 0.5) is 0 Å². The first-order valence-corrected chi connectivity index (χ1v) is 7.59. The molecule has 5 heteroatoms. The molecule has 0 fully saturated rings. The molecule has 0 saturated heterocycles. The second-order valence-corrected chi connectivity index (χ2v) is 6.30. The van der Waals surface area contributed by atoms with Crippen LogP contribution in [-0.4, -0.2) is 24.1 Å². The number of carbonyl (C=O) groups is 1. The number of aryl methyl sites for hydroxylation is 1. The van der Waals surface area contributed by atoms with E-state index in [0.717, 1.165) is 17.1 Å². The van der Waals surface area contributed by atoms with Crippen molar-refractivity contribution in [1.82, 2.24) is 4.98 Å². The summed E-state index contributed by atoms with van der Waals surface area (Å²) in [5, 5.41) is 2.95.